The van der Waals surface area contributed by atoms with Crippen LogP contribution in [-0.2, 0) is 4.79 Å². The topological polar surface area (TPSA) is 66.6 Å². The molecule has 5 nitrogen and oxygen atoms in total. The first kappa shape index (κ1) is 15.8. The Morgan fingerprint density at radius 3 is 2.50 bits per heavy atom. The lowest BCUT2D eigenvalue weighted by molar-refractivity contribution is -0.135. The van der Waals surface area contributed by atoms with E-state index in [1.165, 1.54) is 0 Å². The van der Waals surface area contributed by atoms with Crippen molar-refractivity contribution in [2.75, 3.05) is 19.0 Å². The van der Waals surface area contributed by atoms with Gasteiger partial charge in [0.1, 0.15) is 5.52 Å². The number of carboxylic acid groups (broad SMARTS) is 1. The van der Waals surface area contributed by atoms with Gasteiger partial charge in [-0.3, -0.25) is 4.79 Å². The molecule has 0 saturated heterocycles. The molecule has 0 saturated carbocycles. The Hall–Kier alpha value is -3.08. The van der Waals surface area contributed by atoms with Gasteiger partial charge in [0, 0.05) is 25.4 Å². The van der Waals surface area contributed by atoms with E-state index in [1.807, 2.05) is 67.5 Å². The number of hydrogen-bond acceptors (Lipinski definition) is 4. The molecule has 1 aromatic heterocycles. The van der Waals surface area contributed by atoms with E-state index in [-0.39, 0.29) is 6.42 Å². The summed E-state index contributed by atoms with van der Waals surface area (Å²) < 4.78 is 5.71. The number of aromatic nitrogens is 1. The van der Waals surface area contributed by atoms with Crippen molar-refractivity contribution in [2.24, 2.45) is 0 Å². The van der Waals surface area contributed by atoms with Gasteiger partial charge in [-0.1, -0.05) is 24.3 Å². The van der Waals surface area contributed by atoms with E-state index in [0.29, 0.717) is 22.6 Å². The first-order valence-corrected chi connectivity index (χ1v) is 7.58. The predicted molar refractivity (Wildman–Crippen MR) is 94.9 cm³/mol. The molecule has 0 radical (unpaired) electrons. The summed E-state index contributed by atoms with van der Waals surface area (Å²) in [5.74, 6) is -0.580. The summed E-state index contributed by atoms with van der Waals surface area (Å²) in [6, 6.07) is 15.2. The van der Waals surface area contributed by atoms with Crippen molar-refractivity contribution < 1.29 is 14.3 Å². The number of anilines is 1. The lowest BCUT2D eigenvalue weighted by Gasteiger charge is -2.12. The molecule has 0 spiro atoms. The van der Waals surface area contributed by atoms with E-state index in [4.69, 9.17) is 4.42 Å². The van der Waals surface area contributed by atoms with E-state index >= 15 is 0 Å². The van der Waals surface area contributed by atoms with Crippen molar-refractivity contribution in [2.45, 2.75) is 6.42 Å². The van der Waals surface area contributed by atoms with Crippen LogP contribution in [0.1, 0.15) is 17.9 Å². The molecule has 0 aliphatic carbocycles. The molecule has 0 amide bonds. The van der Waals surface area contributed by atoms with Gasteiger partial charge in [0.25, 0.3) is 0 Å². The number of carbonyl (C=O) groups is 1. The highest BCUT2D eigenvalue weighted by Gasteiger charge is 2.14. The Bertz CT molecular complexity index is 859. The molecular weight excluding hydrogens is 304 g/mol. The number of carboxylic acids is 1. The summed E-state index contributed by atoms with van der Waals surface area (Å²) in [6.45, 7) is 0. The third-order valence-corrected chi connectivity index (χ3v) is 3.66. The Kier molecular flexibility index (Phi) is 4.33. The van der Waals surface area contributed by atoms with Crippen LogP contribution in [-0.4, -0.2) is 30.2 Å². The number of fused-ring (bicyclic) bond motifs is 1. The number of benzene rings is 2. The fourth-order valence-corrected chi connectivity index (χ4v) is 2.43. The number of nitrogens with zero attached hydrogens (tertiary/aromatic N) is 2. The van der Waals surface area contributed by atoms with Crippen LogP contribution in [0.25, 0.3) is 22.7 Å². The summed E-state index contributed by atoms with van der Waals surface area (Å²) in [5.41, 5.74) is 3.88. The van der Waals surface area contributed by atoms with Crippen LogP contribution >= 0.6 is 0 Å². The fraction of sp³-hybridized carbons (Fsp3) is 0.158. The van der Waals surface area contributed by atoms with Crippen LogP contribution in [0.2, 0.25) is 0 Å². The minimum atomic E-state index is -0.923. The molecular formula is C19H18N2O3. The van der Waals surface area contributed by atoms with Gasteiger partial charge in [0.2, 0.25) is 5.89 Å². The van der Waals surface area contributed by atoms with Gasteiger partial charge in [-0.2, -0.15) is 0 Å². The minimum Gasteiger partial charge on any atom is -0.481 e. The molecule has 0 fully saturated rings. The van der Waals surface area contributed by atoms with Gasteiger partial charge in [-0.25, -0.2) is 4.98 Å². The number of oxazole rings is 1. The molecule has 0 aliphatic heterocycles. The predicted octanol–water partition coefficient (Wildman–Crippen LogP) is 3.91. The summed E-state index contributed by atoms with van der Waals surface area (Å²) in [4.78, 5) is 17.6. The number of para-hydroxylation sites is 2. The summed E-state index contributed by atoms with van der Waals surface area (Å²) in [5, 5.41) is 9.20. The SMILES string of the molecule is CN(C)c1ccc(/C=C(\CC(=O)O)c2nc3ccccc3o2)cc1. The van der Waals surface area contributed by atoms with Crippen LogP contribution in [0, 0.1) is 0 Å². The Balaban J connectivity index is 2.00. The lowest BCUT2D eigenvalue weighted by atomic mass is 10.1. The third kappa shape index (κ3) is 3.46. The maximum atomic E-state index is 11.2. The summed E-state index contributed by atoms with van der Waals surface area (Å²) in [6.07, 6.45) is 1.65. The Labute approximate surface area is 139 Å². The zero-order valence-corrected chi connectivity index (χ0v) is 13.6. The maximum Gasteiger partial charge on any atom is 0.308 e. The molecule has 0 unspecified atom stereocenters. The molecule has 0 atom stereocenters. The second-order valence-electron chi connectivity index (χ2n) is 5.71. The molecule has 1 heterocycles. The van der Waals surface area contributed by atoms with Gasteiger partial charge < -0.3 is 14.4 Å². The smallest absolute Gasteiger partial charge is 0.308 e. The van der Waals surface area contributed by atoms with E-state index in [9.17, 15) is 9.90 Å². The standard InChI is InChI=1S/C19H18N2O3/c1-21(2)15-9-7-13(8-10-15)11-14(12-18(22)23)19-20-16-5-3-4-6-17(16)24-19/h3-11H,12H2,1-2H3,(H,22,23)/b14-11+. The van der Waals surface area contributed by atoms with Crippen molar-refractivity contribution in [3.63, 3.8) is 0 Å². The largest absolute Gasteiger partial charge is 0.481 e. The maximum absolute atomic E-state index is 11.2. The monoisotopic (exact) mass is 322 g/mol. The van der Waals surface area contributed by atoms with Crippen LogP contribution in [0.15, 0.2) is 52.9 Å². The second-order valence-corrected chi connectivity index (χ2v) is 5.71. The average molecular weight is 322 g/mol. The van der Waals surface area contributed by atoms with Crippen molar-refractivity contribution >= 4 is 34.4 Å². The van der Waals surface area contributed by atoms with Crippen molar-refractivity contribution in [3.8, 4) is 0 Å². The number of aliphatic carboxylic acids is 1. The fourth-order valence-electron chi connectivity index (χ4n) is 2.43. The third-order valence-electron chi connectivity index (χ3n) is 3.66. The number of rotatable bonds is 5. The summed E-state index contributed by atoms with van der Waals surface area (Å²) in [7, 11) is 3.94. The average Bonchev–Trinajstić information content (AvgIpc) is 2.98. The molecule has 24 heavy (non-hydrogen) atoms. The van der Waals surface area contributed by atoms with Gasteiger partial charge in [0.15, 0.2) is 5.58 Å². The normalized spacial score (nSPS) is 11.7. The first-order valence-electron chi connectivity index (χ1n) is 7.58. The van der Waals surface area contributed by atoms with Gasteiger partial charge in [-0.15, -0.1) is 0 Å². The summed E-state index contributed by atoms with van der Waals surface area (Å²) >= 11 is 0. The van der Waals surface area contributed by atoms with E-state index in [1.54, 1.807) is 6.08 Å². The molecule has 0 bridgehead atoms. The first-order chi connectivity index (χ1) is 11.5. The van der Waals surface area contributed by atoms with Gasteiger partial charge in [0.05, 0.1) is 6.42 Å². The highest BCUT2D eigenvalue weighted by atomic mass is 16.4. The van der Waals surface area contributed by atoms with E-state index in [2.05, 4.69) is 4.98 Å². The highest BCUT2D eigenvalue weighted by Crippen LogP contribution is 2.26. The zero-order chi connectivity index (χ0) is 17.1. The molecule has 3 rings (SSSR count). The van der Waals surface area contributed by atoms with Crippen LogP contribution in [0.5, 0.6) is 0 Å². The van der Waals surface area contributed by atoms with E-state index < -0.39 is 5.97 Å². The molecule has 3 aromatic rings. The zero-order valence-electron chi connectivity index (χ0n) is 13.6. The molecule has 122 valence electrons. The highest BCUT2D eigenvalue weighted by molar-refractivity contribution is 5.91. The molecule has 2 aromatic carbocycles. The molecule has 1 N–H and O–H groups in total. The van der Waals surface area contributed by atoms with E-state index in [0.717, 1.165) is 11.3 Å². The second kappa shape index (κ2) is 6.58. The Morgan fingerprint density at radius 1 is 1.17 bits per heavy atom. The molecule has 5 heteroatoms. The van der Waals surface area contributed by atoms with Crippen LogP contribution < -0.4 is 4.90 Å². The quantitative estimate of drug-likeness (QED) is 0.771. The van der Waals surface area contributed by atoms with Crippen LogP contribution in [0.4, 0.5) is 5.69 Å². The van der Waals surface area contributed by atoms with Gasteiger partial charge in [-0.05, 0) is 35.9 Å². The van der Waals surface area contributed by atoms with Crippen molar-refractivity contribution in [1.82, 2.24) is 4.98 Å². The number of hydrogen-bond donors (Lipinski definition) is 1. The van der Waals surface area contributed by atoms with Gasteiger partial charge >= 0.3 is 5.97 Å². The lowest BCUT2D eigenvalue weighted by Crippen LogP contribution is -2.07. The minimum absolute atomic E-state index is 0.151. The Morgan fingerprint density at radius 2 is 1.88 bits per heavy atom. The molecule has 0 aliphatic rings. The van der Waals surface area contributed by atoms with Crippen LogP contribution in [0.3, 0.4) is 0 Å². The van der Waals surface area contributed by atoms with Crippen molar-refractivity contribution in [3.05, 3.63) is 60.0 Å². The van der Waals surface area contributed by atoms with Crippen molar-refractivity contribution in [1.29, 1.82) is 0 Å².